The Balaban J connectivity index is 1.55. The van der Waals surface area contributed by atoms with Gasteiger partial charge in [0.05, 0.1) is 10.6 Å². The van der Waals surface area contributed by atoms with Crippen LogP contribution in [0.2, 0.25) is 0 Å². The van der Waals surface area contributed by atoms with Crippen LogP contribution in [-0.4, -0.2) is 32.4 Å². The number of para-hydroxylation sites is 1. The molecule has 4 N–H and O–H groups in total. The van der Waals surface area contributed by atoms with Gasteiger partial charge < -0.3 is 9.88 Å². The maximum Gasteiger partial charge on any atom is 0.262 e. The standard InChI is InChI=1S/C26H35N5O4S2/c1-19(16-20-10-4-3-5-11-20)28-17-21-12-6-8-14-23(21)30-37(34,35)24-15-9-7-13-22(24)26-29-25(18-31(26)2)36(27,32)33/h6-9,12-15,18-20,28,30H,3-5,10-11,16-17H2,1-2H3,(H2,27,32,33)/t19-/m0/s1. The van der Waals surface area contributed by atoms with Crippen molar-refractivity contribution in [2.75, 3.05) is 4.72 Å². The molecule has 3 aromatic rings. The van der Waals surface area contributed by atoms with Crippen LogP contribution in [-0.2, 0) is 33.6 Å². The second-order valence-electron chi connectivity index (χ2n) is 9.84. The van der Waals surface area contributed by atoms with Gasteiger partial charge in [-0.2, -0.15) is 0 Å². The molecule has 11 heteroatoms. The van der Waals surface area contributed by atoms with Crippen molar-refractivity contribution in [2.24, 2.45) is 18.1 Å². The van der Waals surface area contributed by atoms with E-state index in [-0.39, 0.29) is 21.3 Å². The number of sulfonamides is 2. The number of anilines is 1. The number of hydrogen-bond acceptors (Lipinski definition) is 6. The molecule has 1 aliphatic rings. The van der Waals surface area contributed by atoms with Gasteiger partial charge in [-0.3, -0.25) is 4.72 Å². The van der Waals surface area contributed by atoms with E-state index in [0.29, 0.717) is 18.3 Å². The SMILES string of the molecule is C[C@@H](CC1CCCCC1)NCc1ccccc1NS(=O)(=O)c1ccccc1-c1nc(S(N)(=O)=O)cn1C. The van der Waals surface area contributed by atoms with Gasteiger partial charge in [0.25, 0.3) is 20.0 Å². The molecule has 2 aromatic carbocycles. The average Bonchev–Trinajstić information content (AvgIpc) is 3.26. The Labute approximate surface area is 219 Å². The van der Waals surface area contributed by atoms with E-state index in [4.69, 9.17) is 5.14 Å². The first-order chi connectivity index (χ1) is 17.5. The maximum atomic E-state index is 13.6. The van der Waals surface area contributed by atoms with Crippen molar-refractivity contribution in [1.82, 2.24) is 14.9 Å². The zero-order valence-electron chi connectivity index (χ0n) is 21.2. The number of nitrogens with two attached hydrogens (primary N) is 1. The number of nitrogens with one attached hydrogen (secondary N) is 2. The molecule has 1 heterocycles. The van der Waals surface area contributed by atoms with Gasteiger partial charge in [-0.05, 0) is 43.0 Å². The van der Waals surface area contributed by atoms with Crippen LogP contribution in [0.4, 0.5) is 5.69 Å². The Kier molecular flexibility index (Phi) is 8.37. The maximum absolute atomic E-state index is 13.6. The van der Waals surface area contributed by atoms with Crippen LogP contribution >= 0.6 is 0 Å². The Bertz CT molecular complexity index is 1450. The molecule has 0 aliphatic heterocycles. The predicted molar refractivity (Wildman–Crippen MR) is 145 cm³/mol. The number of rotatable bonds is 10. The molecule has 1 saturated carbocycles. The van der Waals surface area contributed by atoms with Crippen molar-refractivity contribution in [3.05, 3.63) is 60.3 Å². The third-order valence-corrected chi connectivity index (χ3v) is 9.08. The van der Waals surface area contributed by atoms with E-state index in [1.54, 1.807) is 37.4 Å². The van der Waals surface area contributed by atoms with E-state index in [1.165, 1.54) is 48.9 Å². The molecule has 0 spiro atoms. The highest BCUT2D eigenvalue weighted by molar-refractivity contribution is 7.92. The van der Waals surface area contributed by atoms with Gasteiger partial charge in [0.15, 0.2) is 5.03 Å². The van der Waals surface area contributed by atoms with E-state index >= 15 is 0 Å². The number of benzene rings is 2. The molecule has 0 saturated heterocycles. The normalized spacial score (nSPS) is 16.0. The van der Waals surface area contributed by atoms with E-state index in [0.717, 1.165) is 17.9 Å². The average molecular weight is 546 g/mol. The number of aromatic nitrogens is 2. The van der Waals surface area contributed by atoms with Crippen LogP contribution in [0.1, 0.15) is 51.0 Å². The van der Waals surface area contributed by atoms with Crippen LogP contribution in [0, 0.1) is 5.92 Å². The highest BCUT2D eigenvalue weighted by Gasteiger charge is 2.24. The van der Waals surface area contributed by atoms with Gasteiger partial charge in [0.2, 0.25) is 0 Å². The fourth-order valence-electron chi connectivity index (χ4n) is 4.98. The summed E-state index contributed by atoms with van der Waals surface area (Å²) in [5.74, 6) is 0.930. The van der Waals surface area contributed by atoms with Gasteiger partial charge in [0.1, 0.15) is 5.82 Å². The minimum absolute atomic E-state index is 0.0156. The summed E-state index contributed by atoms with van der Waals surface area (Å²) in [5, 5.41) is 8.45. The highest BCUT2D eigenvalue weighted by atomic mass is 32.2. The lowest BCUT2D eigenvalue weighted by Crippen LogP contribution is -2.29. The minimum atomic E-state index is -4.04. The number of imidazole rings is 1. The first-order valence-electron chi connectivity index (χ1n) is 12.5. The summed E-state index contributed by atoms with van der Waals surface area (Å²) in [7, 11) is -6.49. The molecule has 1 fully saturated rings. The summed E-state index contributed by atoms with van der Waals surface area (Å²) in [6.07, 6.45) is 8.91. The molecule has 200 valence electrons. The minimum Gasteiger partial charge on any atom is -0.333 e. The number of nitrogens with zero attached hydrogens (tertiary/aromatic N) is 2. The molecule has 9 nitrogen and oxygen atoms in total. The van der Waals surface area contributed by atoms with Crippen LogP contribution in [0.25, 0.3) is 11.4 Å². The van der Waals surface area contributed by atoms with Gasteiger partial charge >= 0.3 is 0 Å². The Hall–Kier alpha value is -2.73. The molecule has 0 radical (unpaired) electrons. The van der Waals surface area contributed by atoms with Crippen molar-refractivity contribution in [3.8, 4) is 11.4 Å². The van der Waals surface area contributed by atoms with Gasteiger partial charge in [-0.1, -0.05) is 62.4 Å². The van der Waals surface area contributed by atoms with Crippen LogP contribution in [0.5, 0.6) is 0 Å². The lowest BCUT2D eigenvalue weighted by molar-refractivity contribution is 0.305. The molecule has 0 bridgehead atoms. The Morgan fingerprint density at radius 2 is 1.70 bits per heavy atom. The fraction of sp³-hybridized carbons (Fsp3) is 0.423. The first-order valence-corrected chi connectivity index (χ1v) is 15.6. The van der Waals surface area contributed by atoms with E-state index in [9.17, 15) is 16.8 Å². The van der Waals surface area contributed by atoms with Crippen molar-refractivity contribution in [2.45, 2.75) is 68.0 Å². The van der Waals surface area contributed by atoms with Crippen molar-refractivity contribution >= 4 is 25.7 Å². The molecular formula is C26H35N5O4S2. The lowest BCUT2D eigenvalue weighted by atomic mass is 9.85. The monoisotopic (exact) mass is 545 g/mol. The Morgan fingerprint density at radius 1 is 1.03 bits per heavy atom. The third kappa shape index (κ3) is 6.78. The van der Waals surface area contributed by atoms with Crippen molar-refractivity contribution in [3.63, 3.8) is 0 Å². The second-order valence-corrected chi connectivity index (χ2v) is 13.0. The second kappa shape index (κ2) is 11.3. The molecule has 0 unspecified atom stereocenters. The zero-order chi connectivity index (χ0) is 26.6. The molecule has 0 amide bonds. The molecule has 4 rings (SSSR count). The van der Waals surface area contributed by atoms with Gasteiger partial charge in [-0.25, -0.2) is 27.0 Å². The van der Waals surface area contributed by atoms with E-state index < -0.39 is 20.0 Å². The predicted octanol–water partition coefficient (Wildman–Crippen LogP) is 3.98. The molecule has 1 aromatic heterocycles. The van der Waals surface area contributed by atoms with Crippen LogP contribution in [0.3, 0.4) is 0 Å². The summed E-state index contributed by atoms with van der Waals surface area (Å²) in [4.78, 5) is 4.08. The molecule has 1 atom stereocenters. The topological polar surface area (TPSA) is 136 Å². The third-order valence-electron chi connectivity index (χ3n) is 6.88. The van der Waals surface area contributed by atoms with E-state index in [2.05, 4.69) is 21.9 Å². The fourth-order valence-corrected chi connectivity index (χ4v) is 6.80. The highest BCUT2D eigenvalue weighted by Crippen LogP contribution is 2.30. The van der Waals surface area contributed by atoms with Crippen LogP contribution < -0.4 is 15.2 Å². The summed E-state index contributed by atoms with van der Waals surface area (Å²) in [6.45, 7) is 2.71. The van der Waals surface area contributed by atoms with Crippen LogP contribution in [0.15, 0.2) is 64.6 Å². The summed E-state index contributed by atoms with van der Waals surface area (Å²) in [6, 6.07) is 14.0. The van der Waals surface area contributed by atoms with Gasteiger partial charge in [-0.15, -0.1) is 0 Å². The zero-order valence-corrected chi connectivity index (χ0v) is 22.9. The largest absolute Gasteiger partial charge is 0.333 e. The summed E-state index contributed by atoms with van der Waals surface area (Å²) < 4.78 is 54.8. The van der Waals surface area contributed by atoms with Gasteiger partial charge in [0, 0.05) is 31.4 Å². The first kappa shape index (κ1) is 27.3. The lowest BCUT2D eigenvalue weighted by Gasteiger charge is -2.25. The summed E-state index contributed by atoms with van der Waals surface area (Å²) >= 11 is 0. The number of primary sulfonamides is 1. The molecule has 1 aliphatic carbocycles. The number of aryl methyl sites for hydroxylation is 1. The summed E-state index contributed by atoms with van der Waals surface area (Å²) in [5.41, 5.74) is 1.59. The smallest absolute Gasteiger partial charge is 0.262 e. The molecular weight excluding hydrogens is 510 g/mol. The van der Waals surface area contributed by atoms with E-state index in [1.807, 2.05) is 12.1 Å². The molecule has 37 heavy (non-hydrogen) atoms. The van der Waals surface area contributed by atoms with Crippen molar-refractivity contribution in [1.29, 1.82) is 0 Å². The Morgan fingerprint density at radius 3 is 2.41 bits per heavy atom. The quantitative estimate of drug-likeness (QED) is 0.352. The number of hydrogen-bond donors (Lipinski definition) is 3. The van der Waals surface area contributed by atoms with Crippen molar-refractivity contribution < 1.29 is 16.8 Å².